The first-order valence-corrected chi connectivity index (χ1v) is 14.9. The predicted octanol–water partition coefficient (Wildman–Crippen LogP) is 12.2. The summed E-state index contributed by atoms with van der Waals surface area (Å²) in [6.07, 6.45) is 0. The van der Waals surface area contributed by atoms with Crippen LogP contribution in [0.2, 0.25) is 0 Å². The van der Waals surface area contributed by atoms with Crippen LogP contribution in [0, 0.1) is 0 Å². The van der Waals surface area contributed by atoms with Crippen LogP contribution in [-0.2, 0) is 0 Å². The number of furan rings is 2. The number of fused-ring (bicyclic) bond motifs is 6. The lowest BCUT2D eigenvalue weighted by atomic mass is 9.96. The number of benzene rings is 7. The maximum absolute atomic E-state index is 6.82. The minimum atomic E-state index is 0.871. The van der Waals surface area contributed by atoms with Gasteiger partial charge in [-0.15, -0.1) is 0 Å². The molecule has 9 aromatic rings. The van der Waals surface area contributed by atoms with Crippen LogP contribution in [0.25, 0.3) is 88.4 Å². The third-order valence-electron chi connectivity index (χ3n) is 8.72. The molecule has 2 nitrogen and oxygen atoms in total. The summed E-state index contributed by atoms with van der Waals surface area (Å²) < 4.78 is 13.2. The second-order valence-corrected chi connectivity index (χ2v) is 11.3. The third kappa shape index (κ3) is 3.89. The summed E-state index contributed by atoms with van der Waals surface area (Å²) in [6.45, 7) is 0. The van der Waals surface area contributed by atoms with Crippen LogP contribution in [0.1, 0.15) is 0 Å². The predicted molar refractivity (Wildman–Crippen MR) is 183 cm³/mol. The molecule has 2 heteroatoms. The van der Waals surface area contributed by atoms with E-state index in [0.717, 1.165) is 66.1 Å². The average Bonchev–Trinajstić information content (AvgIpc) is 3.68. The first kappa shape index (κ1) is 24.7. The topological polar surface area (TPSA) is 26.3 Å². The van der Waals surface area contributed by atoms with Gasteiger partial charge in [0.05, 0.1) is 0 Å². The molecule has 0 aliphatic heterocycles. The van der Waals surface area contributed by atoms with Crippen LogP contribution < -0.4 is 0 Å². The van der Waals surface area contributed by atoms with Crippen molar-refractivity contribution < 1.29 is 8.83 Å². The molecule has 0 fully saturated rings. The minimum absolute atomic E-state index is 0.871. The SMILES string of the molecule is c1ccc(-c2ccc(-c3cccc(-c4cccc5c4oc4c(-c6cccc7c6oc6ccccc67)cccc45)c3)cc2)cc1. The van der Waals surface area contributed by atoms with Gasteiger partial charge in [0.1, 0.15) is 22.3 Å². The first-order chi connectivity index (χ1) is 21.8. The summed E-state index contributed by atoms with van der Waals surface area (Å²) in [5, 5.41) is 4.44. The fraction of sp³-hybridized carbons (Fsp3) is 0. The fourth-order valence-corrected chi connectivity index (χ4v) is 6.57. The Balaban J connectivity index is 1.17. The highest BCUT2D eigenvalue weighted by molar-refractivity contribution is 6.16. The van der Waals surface area contributed by atoms with Gasteiger partial charge in [-0.05, 0) is 39.9 Å². The number of hydrogen-bond acceptors (Lipinski definition) is 2. The van der Waals surface area contributed by atoms with E-state index >= 15 is 0 Å². The van der Waals surface area contributed by atoms with Crippen molar-refractivity contribution in [2.45, 2.75) is 0 Å². The molecule has 0 N–H and O–H groups in total. The number of hydrogen-bond donors (Lipinski definition) is 0. The van der Waals surface area contributed by atoms with E-state index in [2.05, 4.69) is 140 Å². The largest absolute Gasteiger partial charge is 0.455 e. The van der Waals surface area contributed by atoms with Crippen molar-refractivity contribution in [3.8, 4) is 44.5 Å². The van der Waals surface area contributed by atoms with Crippen molar-refractivity contribution in [2.24, 2.45) is 0 Å². The van der Waals surface area contributed by atoms with Crippen LogP contribution in [-0.4, -0.2) is 0 Å². The van der Waals surface area contributed by atoms with Crippen LogP contribution >= 0.6 is 0 Å². The summed E-state index contributed by atoms with van der Waals surface area (Å²) in [4.78, 5) is 0. The van der Waals surface area contributed by atoms with Crippen molar-refractivity contribution in [3.63, 3.8) is 0 Å². The van der Waals surface area contributed by atoms with E-state index < -0.39 is 0 Å². The monoisotopic (exact) mass is 562 g/mol. The quantitative estimate of drug-likeness (QED) is 0.213. The lowest BCUT2D eigenvalue weighted by molar-refractivity contribution is 0.665. The summed E-state index contributed by atoms with van der Waals surface area (Å²) >= 11 is 0. The molecule has 0 bridgehead atoms. The third-order valence-corrected chi connectivity index (χ3v) is 8.72. The molecule has 0 aliphatic rings. The van der Waals surface area contributed by atoms with Gasteiger partial charge >= 0.3 is 0 Å². The van der Waals surface area contributed by atoms with E-state index in [1.165, 1.54) is 22.3 Å². The Morgan fingerprint density at radius 1 is 0.273 bits per heavy atom. The van der Waals surface area contributed by atoms with Crippen LogP contribution in [0.3, 0.4) is 0 Å². The lowest BCUT2D eigenvalue weighted by Crippen LogP contribution is -1.83. The normalized spacial score (nSPS) is 11.6. The molecule has 0 atom stereocenters. The smallest absolute Gasteiger partial charge is 0.143 e. The molecule has 206 valence electrons. The van der Waals surface area contributed by atoms with Gasteiger partial charge in [0.15, 0.2) is 0 Å². The van der Waals surface area contributed by atoms with Gasteiger partial charge in [-0.25, -0.2) is 0 Å². The van der Waals surface area contributed by atoms with Gasteiger partial charge in [0, 0.05) is 38.2 Å². The van der Waals surface area contributed by atoms with Crippen molar-refractivity contribution in [1.82, 2.24) is 0 Å². The zero-order valence-corrected chi connectivity index (χ0v) is 23.8. The molecule has 0 amide bonds. The fourth-order valence-electron chi connectivity index (χ4n) is 6.57. The van der Waals surface area contributed by atoms with Crippen LogP contribution in [0.5, 0.6) is 0 Å². The second-order valence-electron chi connectivity index (χ2n) is 11.3. The Kier molecular flexibility index (Phi) is 5.54. The Hall–Kier alpha value is -5.86. The van der Waals surface area contributed by atoms with E-state index in [4.69, 9.17) is 8.83 Å². The van der Waals surface area contributed by atoms with Gasteiger partial charge in [-0.1, -0.05) is 146 Å². The molecule has 2 heterocycles. The molecular formula is C42H26O2. The van der Waals surface area contributed by atoms with Crippen molar-refractivity contribution >= 4 is 43.9 Å². The van der Waals surface area contributed by atoms with Gasteiger partial charge < -0.3 is 8.83 Å². The highest BCUT2D eigenvalue weighted by Gasteiger charge is 2.19. The first-order valence-electron chi connectivity index (χ1n) is 14.9. The average molecular weight is 563 g/mol. The highest BCUT2D eigenvalue weighted by Crippen LogP contribution is 2.43. The van der Waals surface area contributed by atoms with E-state index in [1.807, 2.05) is 18.2 Å². The molecule has 0 spiro atoms. The summed E-state index contributed by atoms with van der Waals surface area (Å²) in [5.41, 5.74) is 12.6. The van der Waals surface area contributed by atoms with Crippen LogP contribution in [0.15, 0.2) is 167 Å². The van der Waals surface area contributed by atoms with E-state index in [9.17, 15) is 0 Å². The van der Waals surface area contributed by atoms with Gasteiger partial charge in [-0.3, -0.25) is 0 Å². The molecule has 44 heavy (non-hydrogen) atoms. The Bertz CT molecular complexity index is 2480. The summed E-state index contributed by atoms with van der Waals surface area (Å²) in [7, 11) is 0. The maximum atomic E-state index is 6.82. The van der Waals surface area contributed by atoms with Crippen molar-refractivity contribution in [3.05, 3.63) is 158 Å². The Morgan fingerprint density at radius 3 is 1.45 bits per heavy atom. The zero-order chi connectivity index (χ0) is 29.0. The lowest BCUT2D eigenvalue weighted by Gasteiger charge is -2.08. The molecule has 0 saturated carbocycles. The van der Waals surface area contributed by atoms with Crippen molar-refractivity contribution in [2.75, 3.05) is 0 Å². The summed E-state index contributed by atoms with van der Waals surface area (Å²) in [5.74, 6) is 0. The number of rotatable bonds is 4. The molecule has 2 aromatic heterocycles. The second kappa shape index (κ2) is 9.86. The maximum Gasteiger partial charge on any atom is 0.143 e. The van der Waals surface area contributed by atoms with Gasteiger partial charge in [-0.2, -0.15) is 0 Å². The van der Waals surface area contributed by atoms with E-state index in [0.29, 0.717) is 0 Å². The molecule has 9 rings (SSSR count). The van der Waals surface area contributed by atoms with Crippen LogP contribution in [0.4, 0.5) is 0 Å². The Labute approximate surface area is 254 Å². The van der Waals surface area contributed by atoms with Gasteiger partial charge in [0.25, 0.3) is 0 Å². The number of para-hydroxylation sites is 4. The standard InChI is InChI=1S/C42H26O2/c1-2-10-27(11-3-1)28-22-24-29(25-23-28)30-12-6-13-31(26-30)32-15-7-17-35-37-19-9-20-38(42(37)44-40(32)35)36-18-8-16-34-33-14-4-5-21-39(33)43-41(34)36/h1-26H. The highest BCUT2D eigenvalue weighted by atomic mass is 16.3. The molecule has 0 unspecified atom stereocenters. The van der Waals surface area contributed by atoms with E-state index in [1.54, 1.807) is 0 Å². The van der Waals surface area contributed by atoms with Gasteiger partial charge in [0.2, 0.25) is 0 Å². The summed E-state index contributed by atoms with van der Waals surface area (Å²) in [6, 6.07) is 55.4. The molecular weight excluding hydrogens is 536 g/mol. The molecule has 0 saturated heterocycles. The molecule has 0 radical (unpaired) electrons. The van der Waals surface area contributed by atoms with Crippen molar-refractivity contribution in [1.29, 1.82) is 0 Å². The molecule has 0 aliphatic carbocycles. The zero-order valence-electron chi connectivity index (χ0n) is 23.8. The minimum Gasteiger partial charge on any atom is -0.455 e. The van der Waals surface area contributed by atoms with E-state index in [-0.39, 0.29) is 0 Å². The molecule has 7 aromatic carbocycles. The Morgan fingerprint density at radius 2 is 0.727 bits per heavy atom.